The summed E-state index contributed by atoms with van der Waals surface area (Å²) in [7, 11) is 0. The smallest absolute Gasteiger partial charge is 0.313 e. The maximum atomic E-state index is 12.2. The first kappa shape index (κ1) is 13.8. The molecule has 2 bridgehead atoms. The summed E-state index contributed by atoms with van der Waals surface area (Å²) in [6.07, 6.45) is 4.62. The molecule has 0 spiro atoms. The Hall–Kier alpha value is -1.15. The molecular weight excluding hydrogens is 298 g/mol. The number of carboxylic acids is 1. The van der Waals surface area contributed by atoms with Crippen LogP contribution in [0.5, 0.6) is 0 Å². The van der Waals surface area contributed by atoms with Gasteiger partial charge in [-0.3, -0.25) is 9.59 Å². The second-order valence-corrected chi connectivity index (χ2v) is 7.53. The first-order chi connectivity index (χ1) is 9.61. The summed E-state index contributed by atoms with van der Waals surface area (Å²) in [5.74, 6) is 0.490. The number of rotatable bonds is 5. The molecule has 3 unspecified atom stereocenters. The molecule has 20 heavy (non-hydrogen) atoms. The first-order valence-electron chi connectivity index (χ1n) is 6.61. The number of carbonyl (C=O) groups is 2. The van der Waals surface area contributed by atoms with Crippen molar-refractivity contribution in [2.45, 2.75) is 30.0 Å². The maximum Gasteiger partial charge on any atom is 0.313 e. The number of hydrogen-bond donors (Lipinski definition) is 2. The topological polar surface area (TPSA) is 92.2 Å². The number of hydrogen-bond acceptors (Lipinski definition) is 6. The summed E-state index contributed by atoms with van der Waals surface area (Å²) in [6, 6.07) is 0. The molecule has 6 nitrogen and oxygen atoms in total. The Morgan fingerprint density at radius 1 is 1.35 bits per heavy atom. The fourth-order valence-corrected chi connectivity index (χ4v) is 4.68. The van der Waals surface area contributed by atoms with Gasteiger partial charge in [-0.15, -0.1) is 10.2 Å². The largest absolute Gasteiger partial charge is 0.481 e. The van der Waals surface area contributed by atoms with Crippen molar-refractivity contribution in [2.75, 3.05) is 11.1 Å². The number of carboxylic acid groups (broad SMARTS) is 1. The van der Waals surface area contributed by atoms with Crippen LogP contribution in [0.15, 0.2) is 4.34 Å². The SMILES string of the molecule is O=C(O)CSc1nnc(NC(=O)C2CC3CCC2C3)s1. The van der Waals surface area contributed by atoms with E-state index < -0.39 is 5.97 Å². The van der Waals surface area contributed by atoms with Gasteiger partial charge >= 0.3 is 5.97 Å². The summed E-state index contributed by atoms with van der Waals surface area (Å²) in [5, 5.41) is 19.6. The number of aliphatic carboxylic acids is 1. The highest BCUT2D eigenvalue weighted by Crippen LogP contribution is 2.48. The zero-order valence-corrected chi connectivity index (χ0v) is 12.4. The van der Waals surface area contributed by atoms with Crippen molar-refractivity contribution < 1.29 is 14.7 Å². The number of aromatic nitrogens is 2. The Bertz CT molecular complexity index is 534. The van der Waals surface area contributed by atoms with Crippen molar-refractivity contribution in [3.05, 3.63) is 0 Å². The lowest BCUT2D eigenvalue weighted by molar-refractivity contribution is -0.134. The van der Waals surface area contributed by atoms with Gasteiger partial charge in [-0.1, -0.05) is 29.5 Å². The highest BCUT2D eigenvalue weighted by molar-refractivity contribution is 8.01. The van der Waals surface area contributed by atoms with Gasteiger partial charge in [-0.25, -0.2) is 0 Å². The van der Waals surface area contributed by atoms with Crippen molar-refractivity contribution in [1.29, 1.82) is 0 Å². The van der Waals surface area contributed by atoms with Crippen LogP contribution >= 0.6 is 23.1 Å². The van der Waals surface area contributed by atoms with Gasteiger partial charge in [0.05, 0.1) is 5.75 Å². The molecule has 0 saturated heterocycles. The summed E-state index contributed by atoms with van der Waals surface area (Å²) in [4.78, 5) is 22.7. The second kappa shape index (κ2) is 5.69. The lowest BCUT2D eigenvalue weighted by atomic mass is 9.88. The van der Waals surface area contributed by atoms with Gasteiger partial charge in [0.25, 0.3) is 0 Å². The Morgan fingerprint density at radius 3 is 2.85 bits per heavy atom. The van der Waals surface area contributed by atoms with E-state index in [4.69, 9.17) is 5.11 Å². The summed E-state index contributed by atoms with van der Waals surface area (Å²) in [5.41, 5.74) is 0. The van der Waals surface area contributed by atoms with Crippen molar-refractivity contribution >= 4 is 40.1 Å². The van der Waals surface area contributed by atoms with E-state index in [-0.39, 0.29) is 17.6 Å². The molecule has 108 valence electrons. The standard InChI is InChI=1S/C12H15N3O3S2/c16-9(17)5-19-12-15-14-11(20-12)13-10(18)8-4-6-1-2-7(8)3-6/h6-8H,1-5H2,(H,16,17)(H,13,14,18). The van der Waals surface area contributed by atoms with E-state index in [9.17, 15) is 9.59 Å². The number of nitrogens with one attached hydrogen (secondary N) is 1. The summed E-state index contributed by atoms with van der Waals surface area (Å²) >= 11 is 2.34. The molecule has 1 amide bonds. The average molecular weight is 313 g/mol. The van der Waals surface area contributed by atoms with E-state index in [0.717, 1.165) is 24.1 Å². The van der Waals surface area contributed by atoms with Crippen LogP contribution in [0.25, 0.3) is 0 Å². The van der Waals surface area contributed by atoms with Crippen molar-refractivity contribution in [3.8, 4) is 0 Å². The molecule has 1 aromatic rings. The Morgan fingerprint density at radius 2 is 2.20 bits per heavy atom. The normalized spacial score (nSPS) is 27.7. The Kier molecular flexibility index (Phi) is 3.93. The molecule has 1 aromatic heterocycles. The minimum Gasteiger partial charge on any atom is -0.481 e. The van der Waals surface area contributed by atoms with Crippen LogP contribution in [0.3, 0.4) is 0 Å². The fraction of sp³-hybridized carbons (Fsp3) is 0.667. The van der Waals surface area contributed by atoms with Crippen molar-refractivity contribution in [1.82, 2.24) is 10.2 Å². The van der Waals surface area contributed by atoms with Crippen LogP contribution in [-0.4, -0.2) is 32.9 Å². The van der Waals surface area contributed by atoms with Gasteiger partial charge in [0.2, 0.25) is 11.0 Å². The lowest BCUT2D eigenvalue weighted by Crippen LogP contribution is -2.27. The van der Waals surface area contributed by atoms with Crippen LogP contribution in [0.1, 0.15) is 25.7 Å². The van der Waals surface area contributed by atoms with Crippen molar-refractivity contribution in [2.24, 2.45) is 17.8 Å². The van der Waals surface area contributed by atoms with Gasteiger partial charge in [-0.2, -0.15) is 0 Å². The van der Waals surface area contributed by atoms with Crippen LogP contribution in [0.4, 0.5) is 5.13 Å². The van der Waals surface area contributed by atoms with Gasteiger partial charge < -0.3 is 10.4 Å². The molecule has 2 aliphatic carbocycles. The predicted molar refractivity (Wildman–Crippen MR) is 75.8 cm³/mol. The van der Waals surface area contributed by atoms with E-state index in [1.807, 2.05) is 0 Å². The Labute approximate surface area is 124 Å². The summed E-state index contributed by atoms with van der Waals surface area (Å²) in [6.45, 7) is 0. The maximum absolute atomic E-state index is 12.2. The minimum atomic E-state index is -0.891. The first-order valence-corrected chi connectivity index (χ1v) is 8.41. The third kappa shape index (κ3) is 2.95. The summed E-state index contributed by atoms with van der Waals surface area (Å²) < 4.78 is 0.565. The van der Waals surface area contributed by atoms with Gasteiger partial charge in [0.1, 0.15) is 0 Å². The van der Waals surface area contributed by atoms with E-state index in [1.165, 1.54) is 30.6 Å². The van der Waals surface area contributed by atoms with Crippen LogP contribution in [0.2, 0.25) is 0 Å². The minimum absolute atomic E-state index is 0.0446. The van der Waals surface area contributed by atoms with E-state index >= 15 is 0 Å². The number of nitrogens with zero attached hydrogens (tertiary/aromatic N) is 2. The lowest BCUT2D eigenvalue weighted by Gasteiger charge is -2.19. The number of thioether (sulfide) groups is 1. The van der Waals surface area contributed by atoms with Gasteiger partial charge in [-0.05, 0) is 31.1 Å². The Balaban J connectivity index is 1.55. The van der Waals surface area contributed by atoms with E-state index in [2.05, 4.69) is 15.5 Å². The fourth-order valence-electron chi connectivity index (χ4n) is 3.21. The molecule has 2 aliphatic rings. The molecule has 8 heteroatoms. The molecule has 2 saturated carbocycles. The molecule has 3 rings (SSSR count). The molecule has 2 fully saturated rings. The second-order valence-electron chi connectivity index (χ2n) is 5.33. The highest BCUT2D eigenvalue weighted by atomic mass is 32.2. The molecule has 0 aromatic carbocycles. The average Bonchev–Trinajstić information content (AvgIpc) is 3.12. The monoisotopic (exact) mass is 313 g/mol. The van der Waals surface area contributed by atoms with Gasteiger partial charge in [0, 0.05) is 5.92 Å². The number of anilines is 1. The van der Waals surface area contributed by atoms with Crippen LogP contribution < -0.4 is 5.32 Å². The number of carbonyl (C=O) groups excluding carboxylic acids is 1. The molecule has 1 heterocycles. The van der Waals surface area contributed by atoms with Gasteiger partial charge in [0.15, 0.2) is 4.34 Å². The molecule has 0 radical (unpaired) electrons. The van der Waals surface area contributed by atoms with E-state index in [1.54, 1.807) is 0 Å². The molecule has 2 N–H and O–H groups in total. The third-order valence-corrected chi connectivity index (χ3v) is 5.99. The molecule has 3 atom stereocenters. The zero-order chi connectivity index (χ0) is 14.1. The van der Waals surface area contributed by atoms with Crippen molar-refractivity contribution in [3.63, 3.8) is 0 Å². The number of amides is 1. The van der Waals surface area contributed by atoms with Crippen LogP contribution in [0, 0.1) is 17.8 Å². The zero-order valence-electron chi connectivity index (χ0n) is 10.7. The predicted octanol–water partition coefficient (Wildman–Crippen LogP) is 2.09. The van der Waals surface area contributed by atoms with Crippen LogP contribution in [-0.2, 0) is 9.59 Å². The quantitative estimate of drug-likeness (QED) is 0.639. The number of fused-ring (bicyclic) bond motifs is 2. The molecule has 0 aliphatic heterocycles. The third-order valence-electron chi connectivity index (χ3n) is 4.03. The van der Waals surface area contributed by atoms with E-state index in [0.29, 0.717) is 15.4 Å². The highest BCUT2D eigenvalue weighted by Gasteiger charge is 2.43. The molecular formula is C12H15N3O3S2.